The van der Waals surface area contributed by atoms with Gasteiger partial charge in [0.25, 0.3) is 5.91 Å². The summed E-state index contributed by atoms with van der Waals surface area (Å²) in [5.41, 5.74) is 1.91. The normalized spacial score (nSPS) is 15.6. The number of amides is 3. The molecule has 3 amide bonds. The lowest BCUT2D eigenvalue weighted by atomic mass is 10.0. The van der Waals surface area contributed by atoms with Crippen LogP contribution in [0.3, 0.4) is 0 Å². The van der Waals surface area contributed by atoms with Gasteiger partial charge in [0.2, 0.25) is 11.8 Å². The minimum atomic E-state index is -0.958. The van der Waals surface area contributed by atoms with Gasteiger partial charge in [-0.3, -0.25) is 9.59 Å². The smallest absolute Gasteiger partial charge is 0.409 e. The van der Waals surface area contributed by atoms with Crippen LogP contribution in [-0.2, 0) is 20.7 Å². The van der Waals surface area contributed by atoms with E-state index in [1.54, 1.807) is 41.0 Å². The van der Waals surface area contributed by atoms with Crippen molar-refractivity contribution in [1.82, 2.24) is 25.1 Å². The summed E-state index contributed by atoms with van der Waals surface area (Å²) in [5.74, 6) is -0.667. The highest BCUT2D eigenvalue weighted by Gasteiger charge is 2.31. The number of aromatic nitrogens is 2. The van der Waals surface area contributed by atoms with Gasteiger partial charge in [0.15, 0.2) is 5.82 Å². The molecule has 0 radical (unpaired) electrons. The Morgan fingerprint density at radius 3 is 2.24 bits per heavy atom. The fourth-order valence-corrected chi connectivity index (χ4v) is 5.60. The van der Waals surface area contributed by atoms with Gasteiger partial charge in [-0.25, -0.2) is 14.6 Å². The largest absolute Gasteiger partial charge is 0.474 e. The first-order chi connectivity index (χ1) is 22.3. The molecule has 1 saturated carbocycles. The first kappa shape index (κ1) is 32.4. The van der Waals surface area contributed by atoms with E-state index < -0.39 is 24.0 Å². The third-order valence-electron chi connectivity index (χ3n) is 8.09. The molecule has 1 aliphatic heterocycles. The summed E-state index contributed by atoms with van der Waals surface area (Å²) in [4.78, 5) is 64.3. The van der Waals surface area contributed by atoms with E-state index in [0.717, 1.165) is 36.8 Å². The molecule has 1 atom stereocenters. The molecule has 0 spiro atoms. The summed E-state index contributed by atoms with van der Waals surface area (Å²) >= 11 is 0. The van der Waals surface area contributed by atoms with Crippen LogP contribution in [0.25, 0.3) is 11.4 Å². The van der Waals surface area contributed by atoms with Crippen molar-refractivity contribution < 1.29 is 33.4 Å². The van der Waals surface area contributed by atoms with Gasteiger partial charge in [-0.05, 0) is 50.3 Å². The van der Waals surface area contributed by atoms with E-state index in [1.807, 2.05) is 30.3 Å². The Balaban J connectivity index is 1.39. The van der Waals surface area contributed by atoms with Gasteiger partial charge >= 0.3 is 12.1 Å². The number of methoxy groups -OCH3 is 1. The van der Waals surface area contributed by atoms with Crippen LogP contribution >= 0.6 is 0 Å². The van der Waals surface area contributed by atoms with E-state index in [1.165, 1.54) is 13.2 Å². The highest BCUT2D eigenvalue weighted by molar-refractivity contribution is 5.97. The van der Waals surface area contributed by atoms with Crippen molar-refractivity contribution in [2.24, 2.45) is 0 Å². The minimum Gasteiger partial charge on any atom is -0.474 e. The van der Waals surface area contributed by atoms with Gasteiger partial charge in [-0.15, -0.1) is 0 Å². The standard InChI is InChI=1S/C34H39N5O7/c1-3-45-34(43)39-19-17-38(18-20-39)32(41)28(21-23-13-15-25(16-14-23)33(42)44-2)36-31(40)27-22-29(46-26-11-7-8-12-26)37-30(35-27)24-9-5-4-6-10-24/h4-6,9-10,13-16,22,26,28H,3,7-8,11-12,17-21H2,1-2H3,(H,36,40)/t28-/m0/s1. The van der Waals surface area contributed by atoms with Crippen molar-refractivity contribution in [2.45, 2.75) is 51.2 Å². The van der Waals surface area contributed by atoms with Crippen molar-refractivity contribution in [2.75, 3.05) is 39.9 Å². The topological polar surface area (TPSA) is 140 Å². The number of nitrogens with zero attached hydrogens (tertiary/aromatic N) is 4. The van der Waals surface area contributed by atoms with E-state index in [9.17, 15) is 19.2 Å². The molecule has 1 saturated heterocycles. The zero-order chi connectivity index (χ0) is 32.5. The van der Waals surface area contributed by atoms with E-state index in [0.29, 0.717) is 30.4 Å². The highest BCUT2D eigenvalue weighted by Crippen LogP contribution is 2.25. The summed E-state index contributed by atoms with van der Waals surface area (Å²) in [6.07, 6.45) is 3.75. The molecule has 1 aliphatic carbocycles. The maximum Gasteiger partial charge on any atom is 0.409 e. The van der Waals surface area contributed by atoms with E-state index in [2.05, 4.69) is 15.3 Å². The Hall–Kier alpha value is -5.00. The summed E-state index contributed by atoms with van der Waals surface area (Å²) in [6.45, 7) is 3.21. The second-order valence-electron chi connectivity index (χ2n) is 11.2. The van der Waals surface area contributed by atoms with Crippen molar-refractivity contribution in [3.05, 3.63) is 77.5 Å². The molecule has 5 rings (SSSR count). The SMILES string of the molecule is CCOC(=O)N1CCN(C(=O)[C@H](Cc2ccc(C(=O)OC)cc2)NC(=O)c2cc(OC3CCCC3)nc(-c3ccccc3)n2)CC1. The molecule has 1 aromatic heterocycles. The lowest BCUT2D eigenvalue weighted by Gasteiger charge is -2.36. The summed E-state index contributed by atoms with van der Waals surface area (Å²) in [6, 6.07) is 16.6. The molecule has 12 heteroatoms. The molecule has 12 nitrogen and oxygen atoms in total. The van der Waals surface area contributed by atoms with Gasteiger partial charge < -0.3 is 29.3 Å². The second-order valence-corrected chi connectivity index (χ2v) is 11.2. The number of nitrogens with one attached hydrogen (secondary N) is 1. The first-order valence-electron chi connectivity index (χ1n) is 15.6. The van der Waals surface area contributed by atoms with E-state index in [-0.39, 0.29) is 43.8 Å². The van der Waals surface area contributed by atoms with Crippen LogP contribution in [0.4, 0.5) is 4.79 Å². The van der Waals surface area contributed by atoms with Crippen molar-refractivity contribution in [1.29, 1.82) is 0 Å². The Morgan fingerprint density at radius 2 is 1.59 bits per heavy atom. The van der Waals surface area contributed by atoms with Crippen LogP contribution < -0.4 is 10.1 Å². The Morgan fingerprint density at radius 1 is 0.913 bits per heavy atom. The van der Waals surface area contributed by atoms with Gasteiger partial charge in [0.05, 0.1) is 19.3 Å². The third kappa shape index (κ3) is 8.17. The van der Waals surface area contributed by atoms with Crippen LogP contribution in [0.2, 0.25) is 0 Å². The molecule has 2 fully saturated rings. The fourth-order valence-electron chi connectivity index (χ4n) is 5.60. The van der Waals surface area contributed by atoms with Crippen LogP contribution in [0.1, 0.15) is 59.0 Å². The molecule has 2 heterocycles. The van der Waals surface area contributed by atoms with Crippen molar-refractivity contribution in [3.63, 3.8) is 0 Å². The van der Waals surface area contributed by atoms with Crippen molar-refractivity contribution >= 4 is 23.9 Å². The number of carbonyl (C=O) groups is 4. The number of hydrogen-bond acceptors (Lipinski definition) is 9. The first-order valence-corrected chi connectivity index (χ1v) is 15.6. The number of hydrogen-bond donors (Lipinski definition) is 1. The predicted octanol–water partition coefficient (Wildman–Crippen LogP) is 3.89. The number of benzene rings is 2. The zero-order valence-electron chi connectivity index (χ0n) is 26.1. The number of ether oxygens (including phenoxy) is 3. The van der Waals surface area contributed by atoms with Gasteiger partial charge in [-0.1, -0.05) is 42.5 Å². The lowest BCUT2D eigenvalue weighted by Crippen LogP contribution is -2.56. The Bertz CT molecular complexity index is 1520. The monoisotopic (exact) mass is 629 g/mol. The Labute approximate surface area is 268 Å². The van der Waals surface area contributed by atoms with Crippen LogP contribution in [-0.4, -0.2) is 95.7 Å². The average Bonchev–Trinajstić information content (AvgIpc) is 3.61. The predicted molar refractivity (Wildman–Crippen MR) is 168 cm³/mol. The van der Waals surface area contributed by atoms with Crippen LogP contribution in [0.15, 0.2) is 60.7 Å². The van der Waals surface area contributed by atoms with E-state index in [4.69, 9.17) is 14.2 Å². The zero-order valence-corrected chi connectivity index (χ0v) is 26.1. The third-order valence-corrected chi connectivity index (χ3v) is 8.09. The highest BCUT2D eigenvalue weighted by atomic mass is 16.6. The molecule has 0 bridgehead atoms. The molecule has 242 valence electrons. The van der Waals surface area contributed by atoms with Crippen LogP contribution in [0, 0.1) is 0 Å². The molecule has 0 unspecified atom stereocenters. The fraction of sp³-hybridized carbons (Fsp3) is 0.412. The molecule has 2 aromatic carbocycles. The number of rotatable bonds is 10. The molecule has 3 aromatic rings. The van der Waals surface area contributed by atoms with Gasteiger partial charge in [-0.2, -0.15) is 4.98 Å². The number of esters is 1. The molecular weight excluding hydrogens is 590 g/mol. The molecule has 2 aliphatic rings. The molecule has 46 heavy (non-hydrogen) atoms. The van der Waals surface area contributed by atoms with Crippen LogP contribution in [0.5, 0.6) is 5.88 Å². The van der Waals surface area contributed by atoms with Gasteiger partial charge in [0.1, 0.15) is 17.8 Å². The summed E-state index contributed by atoms with van der Waals surface area (Å²) in [7, 11) is 1.31. The number of carbonyl (C=O) groups excluding carboxylic acids is 4. The van der Waals surface area contributed by atoms with E-state index >= 15 is 0 Å². The minimum absolute atomic E-state index is 0.0185. The second kappa shape index (κ2) is 15.3. The maximum absolute atomic E-state index is 13.9. The average molecular weight is 630 g/mol. The molecule has 1 N–H and O–H groups in total. The van der Waals surface area contributed by atoms with Gasteiger partial charge in [0, 0.05) is 44.2 Å². The quantitative estimate of drug-likeness (QED) is 0.331. The molecular formula is C34H39N5O7. The Kier molecular flexibility index (Phi) is 10.8. The lowest BCUT2D eigenvalue weighted by molar-refractivity contribution is -0.134. The summed E-state index contributed by atoms with van der Waals surface area (Å²) < 4.78 is 16.1. The van der Waals surface area contributed by atoms with Crippen molar-refractivity contribution in [3.8, 4) is 17.3 Å². The summed E-state index contributed by atoms with van der Waals surface area (Å²) in [5, 5.41) is 2.91. The number of piperazine rings is 1. The maximum atomic E-state index is 13.9.